The zero-order chi connectivity index (χ0) is 19.9. The van der Waals surface area contributed by atoms with Crippen LogP contribution in [0.4, 0.5) is 0 Å². The summed E-state index contributed by atoms with van der Waals surface area (Å²) >= 11 is 0. The summed E-state index contributed by atoms with van der Waals surface area (Å²) in [4.78, 5) is 12.9. The van der Waals surface area contributed by atoms with Crippen LogP contribution in [-0.2, 0) is 10.2 Å². The highest BCUT2D eigenvalue weighted by Crippen LogP contribution is 2.41. The predicted octanol–water partition coefficient (Wildman–Crippen LogP) is 2.37. The van der Waals surface area contributed by atoms with Crippen molar-refractivity contribution in [2.45, 2.75) is 24.9 Å². The van der Waals surface area contributed by atoms with Crippen molar-refractivity contribution >= 4 is 16.0 Å². The summed E-state index contributed by atoms with van der Waals surface area (Å²) in [5.41, 5.74) is 1.76. The Bertz CT molecular complexity index is 1030. The van der Waals surface area contributed by atoms with Gasteiger partial charge in [0.1, 0.15) is 17.1 Å². The van der Waals surface area contributed by atoms with E-state index in [1.54, 1.807) is 7.11 Å². The second-order valence-corrected chi connectivity index (χ2v) is 8.82. The molecule has 1 fully saturated rings. The fourth-order valence-corrected chi connectivity index (χ4v) is 4.59. The van der Waals surface area contributed by atoms with Gasteiger partial charge in [-0.25, -0.2) is 5.14 Å². The number of hydrogen-bond donors (Lipinski definition) is 1. The molecule has 0 saturated carbocycles. The lowest BCUT2D eigenvalue weighted by molar-refractivity contribution is 0.00594. The summed E-state index contributed by atoms with van der Waals surface area (Å²) in [6, 6.07) is 13.2. The highest BCUT2D eigenvalue weighted by molar-refractivity contribution is 7.86. The minimum Gasteiger partial charge on any atom is -0.497 e. The molecule has 0 amide bonds. The van der Waals surface area contributed by atoms with Crippen molar-refractivity contribution in [1.82, 2.24) is 4.31 Å². The Balaban J connectivity index is 1.59. The van der Waals surface area contributed by atoms with Crippen molar-refractivity contribution in [2.75, 3.05) is 20.2 Å². The molecule has 2 aliphatic rings. The number of benzene rings is 2. The molecule has 1 spiro atoms. The van der Waals surface area contributed by atoms with E-state index in [1.165, 1.54) is 4.31 Å². The van der Waals surface area contributed by atoms with Gasteiger partial charge in [0.05, 0.1) is 19.1 Å². The first kappa shape index (κ1) is 18.9. The number of ketones is 1. The van der Waals surface area contributed by atoms with Crippen LogP contribution >= 0.6 is 0 Å². The van der Waals surface area contributed by atoms with Crippen LogP contribution in [0.3, 0.4) is 0 Å². The van der Waals surface area contributed by atoms with Crippen molar-refractivity contribution < 1.29 is 22.7 Å². The van der Waals surface area contributed by atoms with Gasteiger partial charge in [-0.15, -0.1) is 0 Å². The Morgan fingerprint density at radius 1 is 1.11 bits per heavy atom. The monoisotopic (exact) mass is 402 g/mol. The number of piperidine rings is 1. The first-order valence-electron chi connectivity index (χ1n) is 9.08. The van der Waals surface area contributed by atoms with E-state index in [4.69, 9.17) is 14.6 Å². The molecule has 8 heteroatoms. The topological polar surface area (TPSA) is 98.9 Å². The van der Waals surface area contributed by atoms with Gasteiger partial charge in [-0.3, -0.25) is 4.79 Å². The van der Waals surface area contributed by atoms with E-state index in [-0.39, 0.29) is 25.3 Å². The standard InChI is InChI=1S/C20H22N2O5S/c1-26-16-4-2-3-14(11-16)15-5-6-19-17(12-15)18(23)13-20(27-19)7-9-22(10-8-20)28(21,24)25/h2-6,11-12H,7-10,13H2,1H3,(H2,21,24,25). The second kappa shape index (κ2) is 6.88. The molecule has 2 N–H and O–H groups in total. The average molecular weight is 402 g/mol. The van der Waals surface area contributed by atoms with Crippen LogP contribution in [0.25, 0.3) is 11.1 Å². The van der Waals surface area contributed by atoms with Crippen molar-refractivity contribution in [3.63, 3.8) is 0 Å². The molecule has 28 heavy (non-hydrogen) atoms. The second-order valence-electron chi connectivity index (χ2n) is 7.27. The Morgan fingerprint density at radius 3 is 2.50 bits per heavy atom. The van der Waals surface area contributed by atoms with Crippen LogP contribution in [0, 0.1) is 0 Å². The van der Waals surface area contributed by atoms with E-state index < -0.39 is 15.8 Å². The molecule has 0 unspecified atom stereocenters. The lowest BCUT2D eigenvalue weighted by Crippen LogP contribution is -2.53. The van der Waals surface area contributed by atoms with E-state index in [9.17, 15) is 13.2 Å². The number of nitrogens with zero attached hydrogens (tertiary/aromatic N) is 1. The van der Waals surface area contributed by atoms with E-state index in [0.29, 0.717) is 24.2 Å². The molecule has 2 aromatic carbocycles. The molecule has 148 valence electrons. The van der Waals surface area contributed by atoms with Gasteiger partial charge in [0.2, 0.25) is 0 Å². The maximum atomic E-state index is 12.9. The Morgan fingerprint density at radius 2 is 1.82 bits per heavy atom. The van der Waals surface area contributed by atoms with Crippen LogP contribution in [-0.4, -0.2) is 44.3 Å². The number of hydrogen-bond acceptors (Lipinski definition) is 5. The quantitative estimate of drug-likeness (QED) is 0.850. The fourth-order valence-electron chi connectivity index (χ4n) is 3.90. The largest absolute Gasteiger partial charge is 0.497 e. The molecule has 7 nitrogen and oxygen atoms in total. The van der Waals surface area contributed by atoms with Crippen molar-refractivity contribution in [3.05, 3.63) is 48.0 Å². The summed E-state index contributed by atoms with van der Waals surface area (Å²) in [6.07, 6.45) is 1.11. The molecule has 0 radical (unpaired) electrons. The van der Waals surface area contributed by atoms with Crippen LogP contribution in [0.5, 0.6) is 11.5 Å². The molecule has 0 bridgehead atoms. The predicted molar refractivity (Wildman–Crippen MR) is 105 cm³/mol. The number of carbonyl (C=O) groups is 1. The van der Waals surface area contributed by atoms with Crippen molar-refractivity contribution in [1.29, 1.82) is 0 Å². The molecule has 2 aromatic rings. The molecule has 0 atom stereocenters. The van der Waals surface area contributed by atoms with Gasteiger partial charge in [0.15, 0.2) is 5.78 Å². The van der Waals surface area contributed by atoms with Gasteiger partial charge in [-0.1, -0.05) is 18.2 Å². The molecule has 0 aliphatic carbocycles. The van der Waals surface area contributed by atoms with Gasteiger partial charge in [0, 0.05) is 25.9 Å². The van der Waals surface area contributed by atoms with Crippen molar-refractivity contribution in [3.8, 4) is 22.6 Å². The fraction of sp³-hybridized carbons (Fsp3) is 0.350. The van der Waals surface area contributed by atoms with Crippen LogP contribution < -0.4 is 14.6 Å². The maximum absolute atomic E-state index is 12.9. The molecule has 2 heterocycles. The minimum absolute atomic E-state index is 0.00931. The SMILES string of the molecule is COc1cccc(-c2ccc3c(c2)C(=O)CC2(CCN(S(N)(=O)=O)CC2)O3)c1. The van der Waals surface area contributed by atoms with E-state index in [0.717, 1.165) is 16.9 Å². The molecule has 4 rings (SSSR count). The number of nitrogens with two attached hydrogens (primary N) is 1. The summed E-state index contributed by atoms with van der Waals surface area (Å²) in [5, 5.41) is 5.21. The first-order chi connectivity index (χ1) is 13.3. The number of rotatable bonds is 3. The summed E-state index contributed by atoms with van der Waals surface area (Å²) in [6.45, 7) is 0.507. The summed E-state index contributed by atoms with van der Waals surface area (Å²) in [7, 11) is -2.10. The minimum atomic E-state index is -3.71. The number of fused-ring (bicyclic) bond motifs is 1. The summed E-state index contributed by atoms with van der Waals surface area (Å²) < 4.78 is 35.8. The number of Topliss-reactive ketones (excluding diaryl/α,β-unsaturated/α-hetero) is 1. The first-order valence-corrected chi connectivity index (χ1v) is 10.6. The number of carbonyl (C=O) groups excluding carboxylic acids is 1. The Hall–Kier alpha value is -2.42. The third-order valence-corrected chi connectivity index (χ3v) is 6.57. The van der Waals surface area contributed by atoms with Gasteiger partial charge in [0.25, 0.3) is 10.2 Å². The van der Waals surface area contributed by atoms with Crippen LogP contribution in [0.1, 0.15) is 29.6 Å². The highest BCUT2D eigenvalue weighted by Gasteiger charge is 2.44. The lowest BCUT2D eigenvalue weighted by atomic mass is 9.82. The Kier molecular flexibility index (Phi) is 4.65. The number of methoxy groups -OCH3 is 1. The molecular weight excluding hydrogens is 380 g/mol. The van der Waals surface area contributed by atoms with Crippen LogP contribution in [0.15, 0.2) is 42.5 Å². The van der Waals surface area contributed by atoms with Gasteiger partial charge in [-0.05, 0) is 35.4 Å². The maximum Gasteiger partial charge on any atom is 0.276 e. The zero-order valence-electron chi connectivity index (χ0n) is 15.6. The van der Waals surface area contributed by atoms with Crippen LogP contribution in [0.2, 0.25) is 0 Å². The van der Waals surface area contributed by atoms with Crippen molar-refractivity contribution in [2.24, 2.45) is 5.14 Å². The smallest absolute Gasteiger partial charge is 0.276 e. The Labute approximate surface area is 164 Å². The van der Waals surface area contributed by atoms with Gasteiger partial charge >= 0.3 is 0 Å². The number of ether oxygens (including phenoxy) is 2. The molecule has 0 aromatic heterocycles. The highest BCUT2D eigenvalue weighted by atomic mass is 32.2. The molecule has 1 saturated heterocycles. The molecular formula is C20H22N2O5S. The van der Waals surface area contributed by atoms with Gasteiger partial charge < -0.3 is 9.47 Å². The molecule has 2 aliphatic heterocycles. The third-order valence-electron chi connectivity index (χ3n) is 5.49. The van der Waals surface area contributed by atoms with E-state index in [1.807, 2.05) is 42.5 Å². The van der Waals surface area contributed by atoms with E-state index in [2.05, 4.69) is 0 Å². The van der Waals surface area contributed by atoms with E-state index >= 15 is 0 Å². The lowest BCUT2D eigenvalue weighted by Gasteiger charge is -2.43. The normalized spacial score (nSPS) is 19.1. The zero-order valence-corrected chi connectivity index (χ0v) is 16.4. The average Bonchev–Trinajstić information content (AvgIpc) is 2.67. The third kappa shape index (κ3) is 3.50. The van der Waals surface area contributed by atoms with Gasteiger partial charge in [-0.2, -0.15) is 12.7 Å². The summed E-state index contributed by atoms with van der Waals surface area (Å²) in [5.74, 6) is 1.31.